The van der Waals surface area contributed by atoms with E-state index in [1.165, 1.54) is 30.3 Å². The van der Waals surface area contributed by atoms with Crippen LogP contribution >= 0.6 is 0 Å². The lowest BCUT2D eigenvalue weighted by atomic mass is 10.3. The summed E-state index contributed by atoms with van der Waals surface area (Å²) in [7, 11) is 0. The molecule has 0 aliphatic rings. The number of allylic oxidation sites excluding steroid dienone is 1. The number of rotatable bonds is 4. The molecule has 0 heterocycles. The molecule has 1 aromatic carbocycles. The maximum atomic E-state index is 10.7. The standard InChI is InChI=1S/C11H12O4/c1-2-3-10(11(13)14)15-9-6-4-8(12)5-7-9/h3-7,12H,2H2,1H3,(H,13,14)/b10-3-. The number of carboxylic acid groups (broad SMARTS) is 1. The molecule has 1 rings (SSSR count). The molecule has 0 saturated carbocycles. The fraction of sp³-hybridized carbons (Fsp3) is 0.182. The van der Waals surface area contributed by atoms with Gasteiger partial charge in [-0.05, 0) is 36.8 Å². The third-order valence-corrected chi connectivity index (χ3v) is 1.66. The minimum atomic E-state index is -1.11. The molecular formula is C11H12O4. The molecule has 15 heavy (non-hydrogen) atoms. The third kappa shape index (κ3) is 3.34. The molecule has 0 aliphatic heterocycles. The van der Waals surface area contributed by atoms with Crippen molar-refractivity contribution in [2.75, 3.05) is 0 Å². The van der Waals surface area contributed by atoms with Crippen LogP contribution in [0.2, 0.25) is 0 Å². The molecule has 2 N–H and O–H groups in total. The molecule has 0 spiro atoms. The summed E-state index contributed by atoms with van der Waals surface area (Å²) in [5, 5.41) is 17.8. The molecular weight excluding hydrogens is 196 g/mol. The van der Waals surface area contributed by atoms with Crippen LogP contribution in [0.25, 0.3) is 0 Å². The lowest BCUT2D eigenvalue weighted by Gasteiger charge is -2.05. The first-order valence-electron chi connectivity index (χ1n) is 4.53. The van der Waals surface area contributed by atoms with Crippen molar-refractivity contribution in [1.29, 1.82) is 0 Å². The molecule has 0 radical (unpaired) electrons. The van der Waals surface area contributed by atoms with Crippen molar-refractivity contribution in [3.05, 3.63) is 36.1 Å². The predicted octanol–water partition coefficient (Wildman–Crippen LogP) is 2.15. The Bertz CT molecular complexity index is 365. The zero-order chi connectivity index (χ0) is 11.3. The van der Waals surface area contributed by atoms with Gasteiger partial charge in [0.1, 0.15) is 11.5 Å². The molecule has 0 aliphatic carbocycles. The first-order valence-corrected chi connectivity index (χ1v) is 4.53. The highest BCUT2D eigenvalue weighted by atomic mass is 16.5. The second-order valence-corrected chi connectivity index (χ2v) is 2.88. The van der Waals surface area contributed by atoms with E-state index in [1.807, 2.05) is 6.92 Å². The fourth-order valence-electron chi connectivity index (χ4n) is 0.999. The van der Waals surface area contributed by atoms with Crippen molar-refractivity contribution >= 4 is 5.97 Å². The van der Waals surface area contributed by atoms with Crippen LogP contribution in [0, 0.1) is 0 Å². The van der Waals surface area contributed by atoms with Crippen molar-refractivity contribution in [1.82, 2.24) is 0 Å². The van der Waals surface area contributed by atoms with Gasteiger partial charge in [0, 0.05) is 0 Å². The maximum absolute atomic E-state index is 10.7. The number of aromatic hydroxyl groups is 1. The van der Waals surface area contributed by atoms with Crippen LogP contribution in [0.3, 0.4) is 0 Å². The highest BCUT2D eigenvalue weighted by molar-refractivity contribution is 5.84. The molecule has 1 aromatic rings. The third-order valence-electron chi connectivity index (χ3n) is 1.66. The van der Waals surface area contributed by atoms with Crippen LogP contribution in [0.5, 0.6) is 11.5 Å². The zero-order valence-electron chi connectivity index (χ0n) is 8.30. The average molecular weight is 208 g/mol. The molecule has 0 unspecified atom stereocenters. The normalized spacial score (nSPS) is 11.1. The minimum Gasteiger partial charge on any atom is -0.508 e. The number of benzene rings is 1. The molecule has 0 bridgehead atoms. The zero-order valence-corrected chi connectivity index (χ0v) is 8.30. The van der Waals surface area contributed by atoms with Gasteiger partial charge in [0.05, 0.1) is 0 Å². The molecule has 0 amide bonds. The van der Waals surface area contributed by atoms with E-state index in [0.29, 0.717) is 12.2 Å². The Balaban J connectivity index is 2.79. The lowest BCUT2D eigenvalue weighted by Crippen LogP contribution is -2.07. The van der Waals surface area contributed by atoms with Gasteiger partial charge in [-0.3, -0.25) is 0 Å². The van der Waals surface area contributed by atoms with Crippen molar-refractivity contribution in [3.63, 3.8) is 0 Å². The second kappa shape index (κ2) is 5.05. The van der Waals surface area contributed by atoms with Crippen LogP contribution in [0.4, 0.5) is 0 Å². The smallest absolute Gasteiger partial charge is 0.371 e. The van der Waals surface area contributed by atoms with E-state index in [2.05, 4.69) is 0 Å². The summed E-state index contributed by atoms with van der Waals surface area (Å²) in [4.78, 5) is 10.7. The Morgan fingerprint density at radius 1 is 1.40 bits per heavy atom. The van der Waals surface area contributed by atoms with Gasteiger partial charge in [0.15, 0.2) is 0 Å². The molecule has 0 fully saturated rings. The van der Waals surface area contributed by atoms with Crippen LogP contribution in [0.1, 0.15) is 13.3 Å². The number of hydrogen-bond donors (Lipinski definition) is 2. The molecule has 0 saturated heterocycles. The Labute approximate surface area is 87.4 Å². The van der Waals surface area contributed by atoms with Crippen LogP contribution in [-0.4, -0.2) is 16.2 Å². The van der Waals surface area contributed by atoms with Gasteiger partial charge in [-0.2, -0.15) is 0 Å². The van der Waals surface area contributed by atoms with Crippen LogP contribution < -0.4 is 4.74 Å². The number of carbonyl (C=O) groups is 1. The highest BCUT2D eigenvalue weighted by Gasteiger charge is 2.08. The van der Waals surface area contributed by atoms with E-state index in [4.69, 9.17) is 14.9 Å². The van der Waals surface area contributed by atoms with Crippen LogP contribution in [-0.2, 0) is 4.79 Å². The lowest BCUT2D eigenvalue weighted by molar-refractivity contribution is -0.135. The number of aliphatic carboxylic acids is 1. The molecule has 80 valence electrons. The number of carboxylic acids is 1. The molecule has 4 heteroatoms. The quantitative estimate of drug-likeness (QED) is 0.587. The van der Waals surface area contributed by atoms with E-state index in [9.17, 15) is 4.79 Å². The van der Waals surface area contributed by atoms with Gasteiger partial charge in [-0.15, -0.1) is 0 Å². The van der Waals surface area contributed by atoms with E-state index in [1.54, 1.807) is 0 Å². The fourth-order valence-corrected chi connectivity index (χ4v) is 0.999. The Kier molecular flexibility index (Phi) is 3.74. The van der Waals surface area contributed by atoms with Crippen LogP contribution in [0.15, 0.2) is 36.1 Å². The number of hydrogen-bond acceptors (Lipinski definition) is 3. The van der Waals surface area contributed by atoms with E-state index in [0.717, 1.165) is 0 Å². The van der Waals surface area contributed by atoms with Crippen molar-refractivity contribution in [3.8, 4) is 11.5 Å². The monoisotopic (exact) mass is 208 g/mol. The van der Waals surface area contributed by atoms with Crippen molar-refractivity contribution in [2.45, 2.75) is 13.3 Å². The first kappa shape index (κ1) is 11.1. The highest BCUT2D eigenvalue weighted by Crippen LogP contribution is 2.18. The Hall–Kier alpha value is -1.97. The van der Waals surface area contributed by atoms with Gasteiger partial charge >= 0.3 is 5.97 Å². The summed E-state index contributed by atoms with van der Waals surface area (Å²) in [5.41, 5.74) is 0. The average Bonchev–Trinajstić information content (AvgIpc) is 2.20. The summed E-state index contributed by atoms with van der Waals surface area (Å²) in [6.45, 7) is 1.82. The maximum Gasteiger partial charge on any atom is 0.371 e. The topological polar surface area (TPSA) is 66.8 Å². The number of phenolic OH excluding ortho intramolecular Hbond substituents is 1. The largest absolute Gasteiger partial charge is 0.508 e. The molecule has 0 atom stereocenters. The summed E-state index contributed by atoms with van der Waals surface area (Å²) < 4.78 is 5.12. The number of ether oxygens (including phenoxy) is 1. The minimum absolute atomic E-state index is 0.108. The van der Waals surface area contributed by atoms with Crippen molar-refractivity contribution < 1.29 is 19.7 Å². The van der Waals surface area contributed by atoms with Crippen molar-refractivity contribution in [2.24, 2.45) is 0 Å². The summed E-state index contributed by atoms with van der Waals surface area (Å²) in [6.07, 6.45) is 2.06. The van der Waals surface area contributed by atoms with E-state index in [-0.39, 0.29) is 11.5 Å². The van der Waals surface area contributed by atoms with E-state index >= 15 is 0 Å². The number of phenols is 1. The second-order valence-electron chi connectivity index (χ2n) is 2.88. The van der Waals surface area contributed by atoms with Gasteiger partial charge < -0.3 is 14.9 Å². The summed E-state index contributed by atoms with van der Waals surface area (Å²) >= 11 is 0. The van der Waals surface area contributed by atoms with Gasteiger partial charge in [-0.25, -0.2) is 4.79 Å². The SMILES string of the molecule is CC/C=C(\Oc1ccc(O)cc1)C(=O)O. The summed E-state index contributed by atoms with van der Waals surface area (Å²) in [5.74, 6) is -0.721. The van der Waals surface area contributed by atoms with Gasteiger partial charge in [0.2, 0.25) is 5.76 Å². The molecule has 0 aromatic heterocycles. The molecule has 4 nitrogen and oxygen atoms in total. The Morgan fingerprint density at radius 3 is 2.47 bits per heavy atom. The van der Waals surface area contributed by atoms with Gasteiger partial charge in [0.25, 0.3) is 0 Å². The van der Waals surface area contributed by atoms with E-state index < -0.39 is 5.97 Å². The van der Waals surface area contributed by atoms with Gasteiger partial charge in [-0.1, -0.05) is 6.92 Å². The summed E-state index contributed by atoms with van der Waals surface area (Å²) in [6, 6.07) is 5.87. The first-order chi connectivity index (χ1) is 7.13. The Morgan fingerprint density at radius 2 is 2.00 bits per heavy atom. The predicted molar refractivity (Wildman–Crippen MR) is 54.7 cm³/mol.